The minimum Gasteiger partial charge on any atom is -0.364 e. The highest BCUT2D eigenvalue weighted by Gasteiger charge is 2.08. The van der Waals surface area contributed by atoms with E-state index >= 15 is 0 Å². The Hall–Kier alpha value is -0.820. The first-order valence-electron chi connectivity index (χ1n) is 4.39. The Morgan fingerprint density at radius 1 is 1.40 bits per heavy atom. The molecule has 5 nitrogen and oxygen atoms in total. The zero-order valence-electron chi connectivity index (χ0n) is 8.99. The summed E-state index contributed by atoms with van der Waals surface area (Å²) in [6.07, 6.45) is 0. The summed E-state index contributed by atoms with van der Waals surface area (Å²) >= 11 is 6.19. The van der Waals surface area contributed by atoms with Crippen molar-refractivity contribution in [3.05, 3.63) is 0 Å². The van der Waals surface area contributed by atoms with Gasteiger partial charge in [0.15, 0.2) is 0 Å². The maximum Gasteiger partial charge on any atom is 0.321 e. The van der Waals surface area contributed by atoms with Gasteiger partial charge < -0.3 is 10.2 Å². The zero-order valence-corrected chi connectivity index (χ0v) is 10.6. The van der Waals surface area contributed by atoms with Crippen LogP contribution in [0.25, 0.3) is 0 Å². The van der Waals surface area contributed by atoms with Gasteiger partial charge in [-0.25, -0.2) is 4.79 Å². The van der Waals surface area contributed by atoms with Crippen LogP contribution in [0.4, 0.5) is 4.79 Å². The van der Waals surface area contributed by atoms with Gasteiger partial charge in [-0.05, 0) is 6.92 Å². The van der Waals surface area contributed by atoms with Gasteiger partial charge in [0.05, 0.1) is 5.75 Å². The van der Waals surface area contributed by atoms with Gasteiger partial charge in [0.2, 0.25) is 5.91 Å². The first kappa shape index (κ1) is 14.2. The molecule has 0 spiro atoms. The van der Waals surface area contributed by atoms with Gasteiger partial charge in [-0.3, -0.25) is 10.1 Å². The van der Waals surface area contributed by atoms with E-state index in [1.54, 1.807) is 25.9 Å². The lowest BCUT2D eigenvalue weighted by molar-refractivity contribution is -0.117. The van der Waals surface area contributed by atoms with Gasteiger partial charge in [-0.1, -0.05) is 24.0 Å². The monoisotopic (exact) mass is 249 g/mol. The van der Waals surface area contributed by atoms with Crippen molar-refractivity contribution >= 4 is 40.2 Å². The molecule has 0 heterocycles. The average Bonchev–Trinajstić information content (AvgIpc) is 2.14. The Bertz CT molecular complexity index is 256. The van der Waals surface area contributed by atoms with Crippen molar-refractivity contribution in [1.82, 2.24) is 15.5 Å². The second kappa shape index (κ2) is 7.47. The van der Waals surface area contributed by atoms with Crippen molar-refractivity contribution in [2.75, 3.05) is 26.4 Å². The molecule has 0 bridgehead atoms. The van der Waals surface area contributed by atoms with Crippen molar-refractivity contribution in [3.63, 3.8) is 0 Å². The number of urea groups is 1. The van der Waals surface area contributed by atoms with Crippen molar-refractivity contribution in [1.29, 1.82) is 0 Å². The molecule has 0 saturated carbocycles. The molecule has 0 rings (SSSR count). The molecule has 0 aliphatic heterocycles. The van der Waals surface area contributed by atoms with Crippen LogP contribution in [0.2, 0.25) is 0 Å². The summed E-state index contributed by atoms with van der Waals surface area (Å²) in [7, 11) is 3.61. The fourth-order valence-electron chi connectivity index (χ4n) is 0.624. The van der Waals surface area contributed by atoms with Crippen LogP contribution >= 0.6 is 24.0 Å². The second-order valence-corrected chi connectivity index (χ2v) is 4.47. The summed E-state index contributed by atoms with van der Waals surface area (Å²) in [4.78, 5) is 23.9. The van der Waals surface area contributed by atoms with Crippen LogP contribution in [0.1, 0.15) is 6.92 Å². The molecule has 0 aliphatic carbocycles. The lowest BCUT2D eigenvalue weighted by Gasteiger charge is -2.12. The van der Waals surface area contributed by atoms with Crippen molar-refractivity contribution < 1.29 is 9.59 Å². The molecule has 0 unspecified atom stereocenters. The van der Waals surface area contributed by atoms with E-state index in [0.29, 0.717) is 10.9 Å². The largest absolute Gasteiger partial charge is 0.364 e. The highest BCUT2D eigenvalue weighted by Crippen LogP contribution is 2.05. The van der Waals surface area contributed by atoms with E-state index in [9.17, 15) is 9.59 Å². The minimum atomic E-state index is -0.473. The maximum absolute atomic E-state index is 11.2. The number of thioether (sulfide) groups is 1. The van der Waals surface area contributed by atoms with E-state index in [-0.39, 0.29) is 11.7 Å². The molecule has 2 N–H and O–H groups in total. The molecule has 0 fully saturated rings. The van der Waals surface area contributed by atoms with E-state index in [1.807, 2.05) is 0 Å². The predicted octanol–water partition coefficient (Wildman–Crippen LogP) is 0.412. The van der Waals surface area contributed by atoms with Gasteiger partial charge in [0.1, 0.15) is 4.32 Å². The van der Waals surface area contributed by atoms with Crippen LogP contribution in [0.3, 0.4) is 0 Å². The van der Waals surface area contributed by atoms with Crippen LogP contribution in [0.15, 0.2) is 0 Å². The molecule has 0 atom stereocenters. The number of imide groups is 1. The van der Waals surface area contributed by atoms with E-state index in [0.717, 1.165) is 0 Å². The first-order valence-corrected chi connectivity index (χ1v) is 5.78. The van der Waals surface area contributed by atoms with Crippen molar-refractivity contribution in [2.24, 2.45) is 0 Å². The molecule has 0 aromatic rings. The number of amides is 3. The number of carbonyl (C=O) groups is 2. The zero-order chi connectivity index (χ0) is 11.8. The number of thiocarbonyl (C=S) groups is 1. The Morgan fingerprint density at radius 3 is 2.47 bits per heavy atom. The fraction of sp³-hybridized carbons (Fsp3) is 0.625. The number of nitrogens with zero attached hydrogens (tertiary/aromatic N) is 1. The standard InChI is InChI=1S/C8H15N3O2S2/c1-4-9-7(13)10-6(12)5-15-8(14)11(2)3/h4-5H2,1-3H3,(H2,9,10,12,13). The number of hydrogen-bond donors (Lipinski definition) is 2. The fourth-order valence-corrected chi connectivity index (χ4v) is 1.39. The molecule has 0 aromatic heterocycles. The summed E-state index contributed by atoms with van der Waals surface area (Å²) in [5.41, 5.74) is 0. The smallest absolute Gasteiger partial charge is 0.321 e. The van der Waals surface area contributed by atoms with Gasteiger partial charge in [0.25, 0.3) is 0 Å². The molecule has 3 amide bonds. The minimum absolute atomic E-state index is 0.147. The SMILES string of the molecule is CCNC(=O)NC(=O)CSC(=S)N(C)C. The van der Waals surface area contributed by atoms with Crippen LogP contribution in [0, 0.1) is 0 Å². The summed E-state index contributed by atoms with van der Waals surface area (Å²) in [6.45, 7) is 2.27. The van der Waals surface area contributed by atoms with Crippen molar-refractivity contribution in [2.45, 2.75) is 6.92 Å². The van der Waals surface area contributed by atoms with Crippen LogP contribution in [0.5, 0.6) is 0 Å². The third-order valence-corrected chi connectivity index (χ3v) is 3.02. The third-order valence-electron chi connectivity index (χ3n) is 1.28. The molecule has 0 aromatic carbocycles. The third kappa shape index (κ3) is 7.15. The highest BCUT2D eigenvalue weighted by molar-refractivity contribution is 8.23. The van der Waals surface area contributed by atoms with E-state index < -0.39 is 6.03 Å². The Morgan fingerprint density at radius 2 is 2.00 bits per heavy atom. The normalized spacial score (nSPS) is 9.27. The van der Waals surface area contributed by atoms with Crippen LogP contribution in [-0.4, -0.2) is 47.6 Å². The van der Waals surface area contributed by atoms with E-state index in [4.69, 9.17) is 12.2 Å². The molecule has 0 radical (unpaired) electrons. The number of rotatable bonds is 3. The lowest BCUT2D eigenvalue weighted by atomic mass is 10.6. The Kier molecular flexibility index (Phi) is 7.06. The molecule has 0 aliphatic rings. The Labute approximate surface area is 99.0 Å². The van der Waals surface area contributed by atoms with Crippen molar-refractivity contribution in [3.8, 4) is 0 Å². The molecule has 86 valence electrons. The molecular weight excluding hydrogens is 234 g/mol. The van der Waals surface area contributed by atoms with Gasteiger partial charge in [-0.15, -0.1) is 0 Å². The summed E-state index contributed by atoms with van der Waals surface area (Å²) in [6, 6.07) is -0.473. The topological polar surface area (TPSA) is 61.4 Å². The van der Waals surface area contributed by atoms with E-state index in [1.165, 1.54) is 11.8 Å². The molecule has 15 heavy (non-hydrogen) atoms. The summed E-state index contributed by atoms with van der Waals surface area (Å²) < 4.78 is 0.612. The predicted molar refractivity (Wildman–Crippen MR) is 66.0 cm³/mol. The van der Waals surface area contributed by atoms with Crippen LogP contribution < -0.4 is 10.6 Å². The molecular formula is C8H15N3O2S2. The molecule has 0 saturated heterocycles. The number of hydrogen-bond acceptors (Lipinski definition) is 4. The Balaban J connectivity index is 3.75. The van der Waals surface area contributed by atoms with Gasteiger partial charge in [-0.2, -0.15) is 0 Å². The lowest BCUT2D eigenvalue weighted by Crippen LogP contribution is -2.40. The maximum atomic E-state index is 11.2. The first-order chi connectivity index (χ1) is 6.97. The second-order valence-electron chi connectivity index (χ2n) is 2.86. The summed E-state index contributed by atoms with van der Waals surface area (Å²) in [5, 5.41) is 4.65. The summed E-state index contributed by atoms with van der Waals surface area (Å²) in [5.74, 6) is -0.205. The number of carbonyl (C=O) groups excluding carboxylic acids is 2. The van der Waals surface area contributed by atoms with Gasteiger partial charge >= 0.3 is 6.03 Å². The van der Waals surface area contributed by atoms with Gasteiger partial charge in [0, 0.05) is 20.6 Å². The molecule has 7 heteroatoms. The van der Waals surface area contributed by atoms with Crippen LogP contribution in [-0.2, 0) is 4.79 Å². The number of nitrogens with one attached hydrogen (secondary N) is 2. The quantitative estimate of drug-likeness (QED) is 0.710. The average molecular weight is 249 g/mol. The van der Waals surface area contributed by atoms with E-state index in [2.05, 4.69) is 10.6 Å². The highest BCUT2D eigenvalue weighted by atomic mass is 32.2.